The first-order valence-electron chi connectivity index (χ1n) is 4.68. The average Bonchev–Trinajstić information content (AvgIpc) is 2.71. The molecule has 0 unspecified atom stereocenters. The second-order valence-electron chi connectivity index (χ2n) is 3.46. The molecule has 0 spiro atoms. The lowest BCUT2D eigenvalue weighted by Gasteiger charge is -2.02. The molecule has 2 rings (SSSR count). The Balaban J connectivity index is 2.76. The highest BCUT2D eigenvalue weighted by atomic mass is 79.9. The molecule has 0 amide bonds. The van der Waals surface area contributed by atoms with Gasteiger partial charge in [0.25, 0.3) is 9.05 Å². The Morgan fingerprint density at radius 3 is 2.67 bits per heavy atom. The fourth-order valence-electron chi connectivity index (χ4n) is 1.61. The van der Waals surface area contributed by atoms with Gasteiger partial charge in [-0.3, -0.25) is 0 Å². The summed E-state index contributed by atoms with van der Waals surface area (Å²) in [6.07, 6.45) is 1.28. The summed E-state index contributed by atoms with van der Waals surface area (Å²) in [6, 6.07) is 2.98. The van der Waals surface area contributed by atoms with E-state index in [9.17, 15) is 13.2 Å². The molecule has 0 aliphatic carbocycles. The van der Waals surface area contributed by atoms with E-state index in [4.69, 9.17) is 10.7 Å². The monoisotopic (exact) mass is 351 g/mol. The second-order valence-corrected chi connectivity index (χ2v) is 6.85. The molecule has 0 radical (unpaired) electrons. The molecule has 5 nitrogen and oxygen atoms in total. The van der Waals surface area contributed by atoms with E-state index < -0.39 is 15.0 Å². The maximum atomic E-state index is 11.4. The van der Waals surface area contributed by atoms with Crippen LogP contribution >= 0.6 is 26.6 Å². The molecule has 8 heteroatoms. The van der Waals surface area contributed by atoms with Crippen molar-refractivity contribution in [2.24, 2.45) is 0 Å². The molecule has 1 N–H and O–H groups in total. The number of methoxy groups -OCH3 is 1. The molecule has 0 atom stereocenters. The summed E-state index contributed by atoms with van der Waals surface area (Å²) in [5.74, 6) is -0.512. The number of nitrogens with one attached hydrogen (secondary N) is 1. The number of aromatic amines is 1. The molecule has 0 aliphatic rings. The van der Waals surface area contributed by atoms with Gasteiger partial charge in [0.15, 0.2) is 0 Å². The quantitative estimate of drug-likeness (QED) is 0.666. The van der Waals surface area contributed by atoms with Gasteiger partial charge in [-0.1, -0.05) is 15.9 Å². The lowest BCUT2D eigenvalue weighted by atomic mass is 10.1. The molecular weight excluding hydrogens is 346 g/mol. The van der Waals surface area contributed by atoms with Crippen LogP contribution in [-0.2, 0) is 13.8 Å². The summed E-state index contributed by atoms with van der Waals surface area (Å²) in [5.41, 5.74) is 0.779. The summed E-state index contributed by atoms with van der Waals surface area (Å²) < 4.78 is 27.8. The number of hydrogen-bond acceptors (Lipinski definition) is 4. The second kappa shape index (κ2) is 4.56. The van der Waals surface area contributed by atoms with Crippen LogP contribution < -0.4 is 0 Å². The van der Waals surface area contributed by atoms with Crippen LogP contribution in [0.5, 0.6) is 0 Å². The Kier molecular flexibility index (Phi) is 3.39. The zero-order chi connectivity index (χ0) is 13.5. The van der Waals surface area contributed by atoms with Crippen LogP contribution in [0.3, 0.4) is 0 Å². The first-order chi connectivity index (χ1) is 8.34. The predicted molar refractivity (Wildman–Crippen MR) is 70.4 cm³/mol. The fourth-order valence-corrected chi connectivity index (χ4v) is 3.45. The SMILES string of the molecule is COC(=O)c1cc(Br)c2c(S(=O)(=O)Cl)c[nH]c2c1. The van der Waals surface area contributed by atoms with Crippen LogP contribution in [0.15, 0.2) is 27.7 Å². The van der Waals surface area contributed by atoms with E-state index >= 15 is 0 Å². The minimum Gasteiger partial charge on any atom is -0.465 e. The molecule has 0 bridgehead atoms. The van der Waals surface area contributed by atoms with Gasteiger partial charge >= 0.3 is 5.97 Å². The van der Waals surface area contributed by atoms with E-state index in [1.54, 1.807) is 0 Å². The number of carbonyl (C=O) groups excluding carboxylic acids is 1. The summed E-state index contributed by atoms with van der Waals surface area (Å²) >= 11 is 3.22. The first-order valence-corrected chi connectivity index (χ1v) is 7.78. The zero-order valence-corrected chi connectivity index (χ0v) is 12.2. The van der Waals surface area contributed by atoms with Gasteiger partial charge in [-0.2, -0.15) is 0 Å². The van der Waals surface area contributed by atoms with Crippen molar-refractivity contribution >= 4 is 52.5 Å². The molecule has 0 saturated heterocycles. The molecule has 18 heavy (non-hydrogen) atoms. The highest BCUT2D eigenvalue weighted by Gasteiger charge is 2.20. The van der Waals surface area contributed by atoms with E-state index in [0.29, 0.717) is 20.9 Å². The minimum absolute atomic E-state index is 0.0394. The van der Waals surface area contributed by atoms with Crippen molar-refractivity contribution in [3.05, 3.63) is 28.4 Å². The van der Waals surface area contributed by atoms with Crippen molar-refractivity contribution in [1.82, 2.24) is 4.98 Å². The molecule has 0 fully saturated rings. The number of ether oxygens (including phenoxy) is 1. The van der Waals surface area contributed by atoms with Crippen molar-refractivity contribution in [2.45, 2.75) is 4.90 Å². The third-order valence-electron chi connectivity index (χ3n) is 2.38. The van der Waals surface area contributed by atoms with Gasteiger partial charge in [-0.25, -0.2) is 13.2 Å². The first kappa shape index (κ1) is 13.4. The van der Waals surface area contributed by atoms with Crippen LogP contribution in [0.1, 0.15) is 10.4 Å². The third-order valence-corrected chi connectivity index (χ3v) is 4.35. The van der Waals surface area contributed by atoms with Gasteiger partial charge in [0.05, 0.1) is 12.7 Å². The van der Waals surface area contributed by atoms with Crippen LogP contribution in [0, 0.1) is 0 Å². The Morgan fingerprint density at radius 1 is 1.44 bits per heavy atom. The smallest absolute Gasteiger partial charge is 0.337 e. The number of benzene rings is 1. The Hall–Kier alpha value is -1.05. The highest BCUT2D eigenvalue weighted by Crippen LogP contribution is 2.33. The lowest BCUT2D eigenvalue weighted by Crippen LogP contribution is -2.01. The Bertz CT molecular complexity index is 738. The molecule has 96 valence electrons. The van der Waals surface area contributed by atoms with Crippen LogP contribution in [0.2, 0.25) is 0 Å². The molecule has 2 aromatic rings. The van der Waals surface area contributed by atoms with Crippen LogP contribution in [-0.4, -0.2) is 26.5 Å². The Labute approximate surface area is 116 Å². The topological polar surface area (TPSA) is 76.2 Å². The molecule has 1 heterocycles. The van der Waals surface area contributed by atoms with Gasteiger partial charge in [0.2, 0.25) is 0 Å². The summed E-state index contributed by atoms with van der Waals surface area (Å²) in [6.45, 7) is 0. The number of esters is 1. The zero-order valence-electron chi connectivity index (χ0n) is 9.03. The maximum Gasteiger partial charge on any atom is 0.337 e. The molecule has 1 aromatic carbocycles. The Morgan fingerprint density at radius 2 is 2.11 bits per heavy atom. The van der Waals surface area contributed by atoms with Gasteiger partial charge in [0.1, 0.15) is 4.90 Å². The predicted octanol–water partition coefficient (Wildman–Crippen LogP) is 2.64. The number of aromatic nitrogens is 1. The van der Waals surface area contributed by atoms with E-state index in [0.717, 1.165) is 0 Å². The van der Waals surface area contributed by atoms with Crippen molar-refractivity contribution in [2.75, 3.05) is 7.11 Å². The molecule has 0 saturated carbocycles. The normalized spacial score (nSPS) is 11.7. The minimum atomic E-state index is -3.85. The standard InChI is InChI=1S/C10H7BrClNO4S/c1-17-10(14)5-2-6(11)9-7(3-5)13-4-8(9)18(12,15)16/h2-4,13H,1H3. The summed E-state index contributed by atoms with van der Waals surface area (Å²) in [4.78, 5) is 14.1. The maximum absolute atomic E-state index is 11.4. The van der Waals surface area contributed by atoms with E-state index in [2.05, 4.69) is 25.7 Å². The molecule has 0 aliphatic heterocycles. The van der Waals surface area contributed by atoms with Gasteiger partial charge in [-0.05, 0) is 12.1 Å². The van der Waals surface area contributed by atoms with E-state index in [1.807, 2.05) is 0 Å². The van der Waals surface area contributed by atoms with E-state index in [-0.39, 0.29) is 4.90 Å². The molecule has 1 aromatic heterocycles. The van der Waals surface area contributed by atoms with Crippen molar-refractivity contribution < 1.29 is 17.9 Å². The number of hydrogen-bond donors (Lipinski definition) is 1. The van der Waals surface area contributed by atoms with Crippen LogP contribution in [0.25, 0.3) is 10.9 Å². The van der Waals surface area contributed by atoms with Gasteiger partial charge in [0, 0.05) is 32.3 Å². The van der Waals surface area contributed by atoms with E-state index in [1.165, 1.54) is 25.4 Å². The van der Waals surface area contributed by atoms with Gasteiger partial charge < -0.3 is 9.72 Å². The molecular formula is C10H7BrClNO4S. The van der Waals surface area contributed by atoms with Crippen molar-refractivity contribution in [1.29, 1.82) is 0 Å². The lowest BCUT2D eigenvalue weighted by molar-refractivity contribution is 0.0601. The fraction of sp³-hybridized carbons (Fsp3) is 0.100. The third kappa shape index (κ3) is 2.25. The number of rotatable bonds is 2. The summed E-state index contributed by atoms with van der Waals surface area (Å²) in [5, 5.41) is 0.401. The van der Waals surface area contributed by atoms with Gasteiger partial charge in [-0.15, -0.1) is 0 Å². The van der Waals surface area contributed by atoms with Crippen molar-refractivity contribution in [3.8, 4) is 0 Å². The largest absolute Gasteiger partial charge is 0.465 e. The van der Waals surface area contributed by atoms with Crippen molar-refractivity contribution in [3.63, 3.8) is 0 Å². The number of H-pyrrole nitrogens is 1. The number of halogens is 2. The highest BCUT2D eigenvalue weighted by molar-refractivity contribution is 9.10. The average molecular weight is 353 g/mol. The number of carbonyl (C=O) groups is 1. The number of fused-ring (bicyclic) bond motifs is 1. The van der Waals surface area contributed by atoms with Crippen LogP contribution in [0.4, 0.5) is 0 Å². The summed E-state index contributed by atoms with van der Waals surface area (Å²) in [7, 11) is 2.74.